The summed E-state index contributed by atoms with van der Waals surface area (Å²) in [6.45, 7) is 11.3. The van der Waals surface area contributed by atoms with E-state index in [2.05, 4.69) is 49.9 Å². The maximum absolute atomic E-state index is 12.7. The fraction of sp³-hybridized carbons (Fsp3) is 0.400. The summed E-state index contributed by atoms with van der Waals surface area (Å²) >= 11 is 0. The Morgan fingerprint density at radius 3 is 2.32 bits per heavy atom. The molecule has 0 unspecified atom stereocenters. The zero-order valence-corrected chi connectivity index (χ0v) is 28.1. The van der Waals surface area contributed by atoms with Gasteiger partial charge in [0.25, 0.3) is 0 Å². The van der Waals surface area contributed by atoms with Gasteiger partial charge in [-0.1, -0.05) is 104 Å². The number of aryl methyl sites for hydroxylation is 1. The average Bonchev–Trinajstić information content (AvgIpc) is 3.08. The van der Waals surface area contributed by atoms with Gasteiger partial charge in [-0.05, 0) is 68.2 Å². The van der Waals surface area contributed by atoms with Crippen molar-refractivity contribution < 1.29 is 28.6 Å². The van der Waals surface area contributed by atoms with Crippen LogP contribution in [0.5, 0.6) is 5.75 Å². The van der Waals surface area contributed by atoms with E-state index in [9.17, 15) is 4.79 Å². The summed E-state index contributed by atoms with van der Waals surface area (Å²) in [5.74, 6) is 7.13. The van der Waals surface area contributed by atoms with E-state index in [0.29, 0.717) is 37.0 Å². The lowest BCUT2D eigenvalue weighted by Gasteiger charge is -2.30. The number of benzene rings is 3. The SMILES string of the molecule is C/C(CCC(=O)OC[C@H]1O[C@H](C#Cc2ccccc2)C=C[C@@H]1Oc1ccc(C)cc1)=N\OC[C@@H](C)[C@H](OCc1ccccc1)C(C)C. The van der Waals surface area contributed by atoms with Gasteiger partial charge in [0, 0.05) is 11.5 Å². The van der Waals surface area contributed by atoms with Crippen LogP contribution in [0.2, 0.25) is 0 Å². The van der Waals surface area contributed by atoms with Gasteiger partial charge < -0.3 is 23.8 Å². The van der Waals surface area contributed by atoms with Crippen molar-refractivity contribution in [1.82, 2.24) is 0 Å². The van der Waals surface area contributed by atoms with E-state index in [1.165, 1.54) is 0 Å². The number of carbonyl (C=O) groups is 1. The van der Waals surface area contributed by atoms with Crippen LogP contribution in [-0.4, -0.2) is 49.3 Å². The number of nitrogens with zero attached hydrogens (tertiary/aromatic N) is 1. The summed E-state index contributed by atoms with van der Waals surface area (Å²) < 4.78 is 24.3. The summed E-state index contributed by atoms with van der Waals surface area (Å²) in [5.41, 5.74) is 3.90. The Kier molecular flexibility index (Phi) is 14.1. The fourth-order valence-corrected chi connectivity index (χ4v) is 5.14. The minimum absolute atomic E-state index is 0.0280. The quantitative estimate of drug-likeness (QED) is 0.0559. The van der Waals surface area contributed by atoms with Gasteiger partial charge in [0.2, 0.25) is 0 Å². The molecule has 7 nitrogen and oxygen atoms in total. The molecule has 0 radical (unpaired) electrons. The Hall–Kier alpha value is -4.38. The van der Waals surface area contributed by atoms with Gasteiger partial charge in [0.15, 0.2) is 0 Å². The first-order chi connectivity index (χ1) is 22.8. The average molecular weight is 638 g/mol. The van der Waals surface area contributed by atoms with Crippen molar-refractivity contribution in [3.8, 4) is 17.6 Å². The van der Waals surface area contributed by atoms with Crippen molar-refractivity contribution >= 4 is 11.7 Å². The first-order valence-electron chi connectivity index (χ1n) is 16.4. The molecule has 0 saturated carbocycles. The standard InChI is InChI=1S/C40H47NO6/c1-29(2)40(44-27-34-14-10-7-11-15-34)31(4)26-45-41-32(5)18-25-39(42)43-28-38-37(46-35-20-16-30(3)17-21-35)24-23-36(47-38)22-19-33-12-8-6-9-13-33/h6-17,20-21,23-24,29,31,36-38,40H,18,25-28H2,1-5H3/b41-32+/t31-,36-,37+,38-,40-/m1/s1. The van der Waals surface area contributed by atoms with Crippen molar-refractivity contribution in [3.63, 3.8) is 0 Å². The number of hydrogen-bond donors (Lipinski definition) is 0. The van der Waals surface area contributed by atoms with Gasteiger partial charge in [-0.3, -0.25) is 4.79 Å². The molecule has 7 heteroatoms. The third-order valence-corrected chi connectivity index (χ3v) is 7.75. The fourth-order valence-electron chi connectivity index (χ4n) is 5.14. The van der Waals surface area contributed by atoms with Gasteiger partial charge in [0.05, 0.1) is 24.8 Å². The van der Waals surface area contributed by atoms with Crippen molar-refractivity contribution in [1.29, 1.82) is 0 Å². The topological polar surface area (TPSA) is 75.6 Å². The second-order valence-electron chi connectivity index (χ2n) is 12.3. The Morgan fingerprint density at radius 1 is 0.915 bits per heavy atom. The molecule has 5 atom stereocenters. The van der Waals surface area contributed by atoms with Crippen molar-refractivity contribution in [2.45, 2.75) is 78.5 Å². The van der Waals surface area contributed by atoms with Crippen molar-refractivity contribution in [2.24, 2.45) is 17.0 Å². The van der Waals surface area contributed by atoms with E-state index < -0.39 is 18.3 Å². The normalized spacial score (nSPS) is 18.9. The van der Waals surface area contributed by atoms with Crippen LogP contribution in [0.25, 0.3) is 0 Å². The molecule has 0 fully saturated rings. The lowest BCUT2D eigenvalue weighted by atomic mass is 9.95. The Bertz CT molecular complexity index is 1490. The van der Waals surface area contributed by atoms with E-state index >= 15 is 0 Å². The summed E-state index contributed by atoms with van der Waals surface area (Å²) in [6.07, 6.45) is 3.01. The maximum Gasteiger partial charge on any atom is 0.306 e. The van der Waals surface area contributed by atoms with Crippen LogP contribution in [0.1, 0.15) is 57.2 Å². The Labute approximate surface area is 279 Å². The van der Waals surface area contributed by atoms with Gasteiger partial charge in [0.1, 0.15) is 37.3 Å². The highest BCUT2D eigenvalue weighted by atomic mass is 16.6. The molecular weight excluding hydrogens is 590 g/mol. The van der Waals surface area contributed by atoms with Gasteiger partial charge in [-0.2, -0.15) is 0 Å². The molecule has 0 saturated heterocycles. The van der Waals surface area contributed by atoms with Crippen LogP contribution in [0.4, 0.5) is 0 Å². The summed E-state index contributed by atoms with van der Waals surface area (Å²) in [7, 11) is 0. The second kappa shape index (κ2) is 18.7. The lowest BCUT2D eigenvalue weighted by Crippen LogP contribution is -2.42. The molecule has 0 amide bonds. The molecule has 3 aromatic rings. The van der Waals surface area contributed by atoms with Gasteiger partial charge in [-0.25, -0.2) is 0 Å². The highest BCUT2D eigenvalue weighted by Crippen LogP contribution is 2.22. The zero-order valence-electron chi connectivity index (χ0n) is 28.1. The van der Waals surface area contributed by atoms with E-state index in [1.807, 2.05) is 98.8 Å². The molecule has 1 aliphatic heterocycles. The molecule has 0 aliphatic carbocycles. The largest absolute Gasteiger partial charge is 0.483 e. The predicted molar refractivity (Wildman–Crippen MR) is 185 cm³/mol. The maximum atomic E-state index is 12.7. The summed E-state index contributed by atoms with van der Waals surface area (Å²) in [4.78, 5) is 18.4. The number of rotatable bonds is 15. The molecule has 1 aliphatic rings. The Morgan fingerprint density at radius 2 is 1.62 bits per heavy atom. The first kappa shape index (κ1) is 35.5. The molecule has 0 spiro atoms. The van der Waals surface area contributed by atoms with Gasteiger partial charge >= 0.3 is 5.97 Å². The number of hydrogen-bond acceptors (Lipinski definition) is 7. The van der Waals surface area contributed by atoms with E-state index in [4.69, 9.17) is 23.8 Å². The van der Waals surface area contributed by atoms with Crippen LogP contribution in [0, 0.1) is 30.6 Å². The smallest absolute Gasteiger partial charge is 0.306 e. The molecule has 248 valence electrons. The van der Waals surface area contributed by atoms with Crippen LogP contribution in [0.15, 0.2) is 102 Å². The molecule has 0 aromatic heterocycles. The number of ether oxygens (including phenoxy) is 4. The molecule has 3 aromatic carbocycles. The molecular formula is C40H47NO6. The molecule has 0 bridgehead atoms. The third kappa shape index (κ3) is 12.4. The lowest BCUT2D eigenvalue weighted by molar-refractivity contribution is -0.151. The van der Waals surface area contributed by atoms with Crippen LogP contribution < -0.4 is 4.74 Å². The minimum atomic E-state index is -0.530. The first-order valence-corrected chi connectivity index (χ1v) is 16.4. The number of oxime groups is 1. The van der Waals surface area contributed by atoms with Crippen molar-refractivity contribution in [2.75, 3.05) is 13.2 Å². The van der Waals surface area contributed by atoms with E-state index in [1.54, 1.807) is 0 Å². The number of carbonyl (C=O) groups excluding carboxylic acids is 1. The summed E-state index contributed by atoms with van der Waals surface area (Å²) in [6, 6.07) is 27.7. The Balaban J connectivity index is 1.25. The highest BCUT2D eigenvalue weighted by molar-refractivity contribution is 5.85. The second-order valence-corrected chi connectivity index (χ2v) is 12.3. The molecule has 47 heavy (non-hydrogen) atoms. The van der Waals surface area contributed by atoms with Crippen LogP contribution in [0.3, 0.4) is 0 Å². The molecule has 0 N–H and O–H groups in total. The molecule has 1 heterocycles. The van der Waals surface area contributed by atoms with E-state index in [0.717, 1.165) is 16.7 Å². The highest BCUT2D eigenvalue weighted by Gasteiger charge is 2.30. The van der Waals surface area contributed by atoms with Crippen LogP contribution >= 0.6 is 0 Å². The zero-order chi connectivity index (χ0) is 33.4. The summed E-state index contributed by atoms with van der Waals surface area (Å²) in [5, 5.41) is 4.25. The molecule has 4 rings (SSSR count). The third-order valence-electron chi connectivity index (χ3n) is 7.75. The monoisotopic (exact) mass is 637 g/mol. The number of esters is 1. The van der Waals surface area contributed by atoms with Gasteiger partial charge in [-0.15, -0.1) is 0 Å². The predicted octanol–water partition coefficient (Wildman–Crippen LogP) is 7.71. The van der Waals surface area contributed by atoms with Crippen LogP contribution in [-0.2, 0) is 30.4 Å². The van der Waals surface area contributed by atoms with E-state index in [-0.39, 0.29) is 31.0 Å². The minimum Gasteiger partial charge on any atom is -0.483 e. The van der Waals surface area contributed by atoms with Crippen molar-refractivity contribution in [3.05, 3.63) is 114 Å².